The number of anilines is 2. The van der Waals surface area contributed by atoms with Gasteiger partial charge in [0.2, 0.25) is 5.91 Å². The van der Waals surface area contributed by atoms with Gasteiger partial charge < -0.3 is 15.7 Å². The van der Waals surface area contributed by atoms with Crippen LogP contribution in [0.25, 0.3) is 0 Å². The molecule has 0 bridgehead atoms. The fraction of sp³-hybridized carbons (Fsp3) is 0.385. The molecule has 1 aromatic rings. The fourth-order valence-electron chi connectivity index (χ4n) is 2.17. The second-order valence-corrected chi connectivity index (χ2v) is 4.76. The van der Waals surface area contributed by atoms with Crippen molar-refractivity contribution in [1.29, 1.82) is 0 Å². The molecule has 8 heteroatoms. The van der Waals surface area contributed by atoms with Gasteiger partial charge in [-0.05, 0) is 24.5 Å². The van der Waals surface area contributed by atoms with Gasteiger partial charge in [-0.1, -0.05) is 0 Å². The number of benzene rings is 1. The molecule has 0 atom stereocenters. The van der Waals surface area contributed by atoms with Crippen LogP contribution in [0.1, 0.15) is 24.8 Å². The van der Waals surface area contributed by atoms with Gasteiger partial charge in [-0.25, -0.2) is 0 Å². The summed E-state index contributed by atoms with van der Waals surface area (Å²) in [5, 5.41) is 25.2. The van der Waals surface area contributed by atoms with Gasteiger partial charge in [0.25, 0.3) is 5.69 Å². The van der Waals surface area contributed by atoms with Crippen molar-refractivity contribution in [2.75, 3.05) is 17.2 Å². The molecular weight excluding hydrogens is 278 g/mol. The molecule has 0 aromatic heterocycles. The molecule has 1 heterocycles. The average molecular weight is 293 g/mol. The van der Waals surface area contributed by atoms with Crippen LogP contribution in [0.2, 0.25) is 0 Å². The molecule has 0 saturated carbocycles. The summed E-state index contributed by atoms with van der Waals surface area (Å²) in [5.41, 5.74) is 1.52. The number of amides is 1. The highest BCUT2D eigenvalue weighted by Gasteiger charge is 2.22. The number of carbonyl (C=O) groups is 2. The van der Waals surface area contributed by atoms with E-state index in [1.165, 1.54) is 12.1 Å². The molecule has 2 rings (SSSR count). The van der Waals surface area contributed by atoms with Crippen LogP contribution >= 0.6 is 0 Å². The Hall–Kier alpha value is -2.64. The van der Waals surface area contributed by atoms with E-state index in [2.05, 4.69) is 10.6 Å². The summed E-state index contributed by atoms with van der Waals surface area (Å²) < 4.78 is 0. The Morgan fingerprint density at radius 3 is 2.86 bits per heavy atom. The molecule has 1 aromatic carbocycles. The number of carboxylic acids is 1. The van der Waals surface area contributed by atoms with Crippen molar-refractivity contribution < 1.29 is 19.6 Å². The monoisotopic (exact) mass is 293 g/mol. The van der Waals surface area contributed by atoms with E-state index in [0.717, 1.165) is 5.56 Å². The van der Waals surface area contributed by atoms with Crippen molar-refractivity contribution in [1.82, 2.24) is 0 Å². The Morgan fingerprint density at radius 1 is 1.43 bits per heavy atom. The molecule has 1 aliphatic heterocycles. The Labute approximate surface area is 120 Å². The van der Waals surface area contributed by atoms with E-state index in [-0.39, 0.29) is 23.7 Å². The van der Waals surface area contributed by atoms with E-state index < -0.39 is 10.9 Å². The van der Waals surface area contributed by atoms with Gasteiger partial charge >= 0.3 is 5.97 Å². The maximum Gasteiger partial charge on any atom is 0.303 e. The maximum absolute atomic E-state index is 11.4. The lowest BCUT2D eigenvalue weighted by molar-refractivity contribution is -0.384. The zero-order chi connectivity index (χ0) is 15.4. The molecule has 0 unspecified atom stereocenters. The minimum atomic E-state index is -0.913. The minimum absolute atomic E-state index is 0.0114. The number of hydrogen-bond donors (Lipinski definition) is 3. The molecule has 0 spiro atoms. The van der Waals surface area contributed by atoms with Crippen molar-refractivity contribution in [2.24, 2.45) is 0 Å². The molecule has 8 nitrogen and oxygen atoms in total. The first-order valence-electron chi connectivity index (χ1n) is 6.54. The smallest absolute Gasteiger partial charge is 0.303 e. The summed E-state index contributed by atoms with van der Waals surface area (Å²) in [5.74, 6) is -1.03. The number of carbonyl (C=O) groups excluding carboxylic acids is 1. The Morgan fingerprint density at radius 2 is 2.19 bits per heavy atom. The van der Waals surface area contributed by atoms with E-state index in [1.807, 2.05) is 0 Å². The maximum atomic E-state index is 11.4. The molecule has 1 amide bonds. The fourth-order valence-corrected chi connectivity index (χ4v) is 2.17. The van der Waals surface area contributed by atoms with Gasteiger partial charge in [0.1, 0.15) is 5.69 Å². The van der Waals surface area contributed by atoms with E-state index in [0.29, 0.717) is 31.5 Å². The molecule has 0 aliphatic carbocycles. The quantitative estimate of drug-likeness (QED) is 0.417. The highest BCUT2D eigenvalue weighted by molar-refractivity contribution is 5.95. The zero-order valence-electron chi connectivity index (χ0n) is 11.2. The van der Waals surface area contributed by atoms with Crippen LogP contribution in [0.3, 0.4) is 0 Å². The van der Waals surface area contributed by atoms with Gasteiger partial charge in [0.05, 0.1) is 4.92 Å². The lowest BCUT2D eigenvalue weighted by Crippen LogP contribution is -2.19. The number of aryl methyl sites for hydroxylation is 1. The number of hydrogen-bond acceptors (Lipinski definition) is 5. The number of carboxylic acid groups (broad SMARTS) is 1. The van der Waals surface area contributed by atoms with Crippen molar-refractivity contribution in [3.63, 3.8) is 0 Å². The second kappa shape index (κ2) is 6.21. The summed E-state index contributed by atoms with van der Waals surface area (Å²) >= 11 is 0. The summed E-state index contributed by atoms with van der Waals surface area (Å²) in [6.45, 7) is 0.305. The van der Waals surface area contributed by atoms with Gasteiger partial charge in [-0.2, -0.15) is 0 Å². The van der Waals surface area contributed by atoms with Crippen LogP contribution in [0, 0.1) is 10.1 Å². The largest absolute Gasteiger partial charge is 0.481 e. The number of nitrogens with one attached hydrogen (secondary N) is 2. The first kappa shape index (κ1) is 14.8. The van der Waals surface area contributed by atoms with Gasteiger partial charge in [-0.3, -0.25) is 19.7 Å². The summed E-state index contributed by atoms with van der Waals surface area (Å²) in [6.07, 6.45) is 1.13. The second-order valence-electron chi connectivity index (χ2n) is 4.76. The van der Waals surface area contributed by atoms with Gasteiger partial charge in [0.15, 0.2) is 0 Å². The van der Waals surface area contributed by atoms with Gasteiger partial charge in [-0.15, -0.1) is 0 Å². The van der Waals surface area contributed by atoms with Crippen molar-refractivity contribution in [2.45, 2.75) is 25.7 Å². The molecule has 3 N–H and O–H groups in total. The lowest BCUT2D eigenvalue weighted by Gasteiger charge is -2.18. The van der Waals surface area contributed by atoms with Crippen LogP contribution in [-0.4, -0.2) is 28.5 Å². The Balaban J connectivity index is 2.17. The van der Waals surface area contributed by atoms with Crippen LogP contribution in [0.4, 0.5) is 17.1 Å². The third-order valence-electron chi connectivity index (χ3n) is 3.20. The summed E-state index contributed by atoms with van der Waals surface area (Å²) in [4.78, 5) is 32.4. The normalized spacial score (nSPS) is 13.2. The van der Waals surface area contributed by atoms with E-state index in [4.69, 9.17) is 5.11 Å². The number of fused-ring (bicyclic) bond motifs is 1. The van der Waals surface area contributed by atoms with E-state index in [9.17, 15) is 19.7 Å². The Kier molecular flexibility index (Phi) is 4.36. The number of nitrogens with zero attached hydrogens (tertiary/aromatic N) is 1. The summed E-state index contributed by atoms with van der Waals surface area (Å²) in [7, 11) is 0. The molecule has 0 radical (unpaired) electrons. The number of nitro benzene ring substituents is 1. The third kappa shape index (κ3) is 3.68. The number of aliphatic carboxylic acids is 1. The topological polar surface area (TPSA) is 122 Å². The SMILES string of the molecule is O=C(O)CCCNc1cc2c(cc1[N+](=O)[O-])CCC(=O)N2. The summed E-state index contributed by atoms with van der Waals surface area (Å²) in [6, 6.07) is 2.99. The average Bonchev–Trinajstić information content (AvgIpc) is 2.42. The van der Waals surface area contributed by atoms with Crippen molar-refractivity contribution >= 4 is 28.9 Å². The number of rotatable bonds is 6. The minimum Gasteiger partial charge on any atom is -0.481 e. The molecular formula is C13H15N3O5. The zero-order valence-corrected chi connectivity index (χ0v) is 11.2. The van der Waals surface area contributed by atoms with E-state index in [1.54, 1.807) is 0 Å². The van der Waals surface area contributed by atoms with Crippen molar-refractivity contribution in [3.8, 4) is 0 Å². The third-order valence-corrected chi connectivity index (χ3v) is 3.20. The predicted octanol–water partition coefficient (Wildman–Crippen LogP) is 1.76. The van der Waals surface area contributed by atoms with Crippen LogP contribution < -0.4 is 10.6 Å². The first-order chi connectivity index (χ1) is 9.97. The number of nitro groups is 1. The molecule has 112 valence electrons. The highest BCUT2D eigenvalue weighted by atomic mass is 16.6. The first-order valence-corrected chi connectivity index (χ1v) is 6.54. The molecule has 21 heavy (non-hydrogen) atoms. The Bertz CT molecular complexity index is 600. The lowest BCUT2D eigenvalue weighted by atomic mass is 10.0. The van der Waals surface area contributed by atoms with Crippen LogP contribution in [0.15, 0.2) is 12.1 Å². The van der Waals surface area contributed by atoms with Gasteiger partial charge in [0, 0.05) is 31.1 Å². The van der Waals surface area contributed by atoms with Crippen LogP contribution in [0.5, 0.6) is 0 Å². The molecule has 0 saturated heterocycles. The standard InChI is InChI=1S/C13H15N3O5/c17-12-4-3-8-6-11(16(20)21)10(7-9(8)15-12)14-5-1-2-13(18)19/h6-7,14H,1-5H2,(H,15,17)(H,18,19). The molecule has 1 aliphatic rings. The highest BCUT2D eigenvalue weighted by Crippen LogP contribution is 2.34. The molecule has 0 fully saturated rings. The predicted molar refractivity (Wildman–Crippen MR) is 75.4 cm³/mol. The van der Waals surface area contributed by atoms with Crippen LogP contribution in [-0.2, 0) is 16.0 Å². The van der Waals surface area contributed by atoms with E-state index >= 15 is 0 Å². The van der Waals surface area contributed by atoms with Crippen molar-refractivity contribution in [3.05, 3.63) is 27.8 Å².